The van der Waals surface area contributed by atoms with Crippen LogP contribution in [-0.2, 0) is 0 Å². The molecule has 0 spiro atoms. The van der Waals surface area contributed by atoms with Crippen LogP contribution in [0.5, 0.6) is 0 Å². The Hall–Kier alpha value is -1.88. The topological polar surface area (TPSA) is 43.8 Å². The van der Waals surface area contributed by atoms with Crippen LogP contribution >= 0.6 is 15.9 Å². The number of nitrogens with zero attached hydrogens (tertiary/aromatic N) is 2. The van der Waals surface area contributed by atoms with Crippen molar-refractivity contribution in [3.05, 3.63) is 53.0 Å². The highest BCUT2D eigenvalue weighted by Gasteiger charge is 2.08. The number of halogens is 2. The molecular formula is C13H9BrFN3. The second-order valence-corrected chi connectivity index (χ2v) is 4.81. The maximum atomic E-state index is 13.3. The molecule has 0 aliphatic rings. The van der Waals surface area contributed by atoms with Gasteiger partial charge in [-0.3, -0.25) is 4.57 Å². The maximum Gasteiger partial charge on any atom is 0.125 e. The summed E-state index contributed by atoms with van der Waals surface area (Å²) in [4.78, 5) is 4.27. The van der Waals surface area contributed by atoms with Gasteiger partial charge >= 0.3 is 0 Å². The summed E-state index contributed by atoms with van der Waals surface area (Å²) in [6.45, 7) is 0. The minimum absolute atomic E-state index is 0.287. The van der Waals surface area contributed by atoms with Crippen molar-refractivity contribution >= 4 is 32.7 Å². The number of hydrogen-bond acceptors (Lipinski definition) is 2. The molecule has 0 aliphatic carbocycles. The molecule has 0 radical (unpaired) electrons. The molecule has 2 aromatic carbocycles. The third kappa shape index (κ3) is 1.76. The number of nitrogens with two attached hydrogens (primary N) is 1. The third-order valence-corrected chi connectivity index (χ3v) is 3.41. The van der Waals surface area contributed by atoms with E-state index in [0.29, 0.717) is 11.4 Å². The van der Waals surface area contributed by atoms with Gasteiger partial charge in [-0.05, 0) is 52.3 Å². The fourth-order valence-corrected chi connectivity index (χ4v) is 2.33. The average Bonchev–Trinajstić information content (AvgIpc) is 2.75. The molecule has 0 unspecified atom stereocenters. The van der Waals surface area contributed by atoms with Crippen molar-refractivity contribution in [2.24, 2.45) is 0 Å². The van der Waals surface area contributed by atoms with Gasteiger partial charge in [0.15, 0.2) is 0 Å². The fraction of sp³-hybridized carbons (Fsp3) is 0. The Morgan fingerprint density at radius 2 is 2.00 bits per heavy atom. The number of benzene rings is 2. The number of fused-ring (bicyclic) bond motifs is 1. The molecule has 90 valence electrons. The Labute approximate surface area is 111 Å². The van der Waals surface area contributed by atoms with Crippen molar-refractivity contribution in [3.8, 4) is 5.69 Å². The third-order valence-electron chi connectivity index (χ3n) is 2.74. The molecule has 1 heterocycles. The zero-order valence-electron chi connectivity index (χ0n) is 9.27. The molecule has 3 nitrogen and oxygen atoms in total. The Morgan fingerprint density at radius 1 is 1.17 bits per heavy atom. The Balaban J connectivity index is 2.28. The average molecular weight is 306 g/mol. The summed E-state index contributed by atoms with van der Waals surface area (Å²) >= 11 is 3.41. The van der Waals surface area contributed by atoms with Gasteiger partial charge in [-0.25, -0.2) is 9.37 Å². The molecule has 3 aromatic rings. The van der Waals surface area contributed by atoms with E-state index in [1.807, 2.05) is 10.6 Å². The van der Waals surface area contributed by atoms with E-state index in [0.717, 1.165) is 15.5 Å². The van der Waals surface area contributed by atoms with Gasteiger partial charge in [0.2, 0.25) is 0 Å². The summed E-state index contributed by atoms with van der Waals surface area (Å²) in [5.74, 6) is -0.287. The number of imidazole rings is 1. The van der Waals surface area contributed by atoms with Crippen LogP contribution in [0.2, 0.25) is 0 Å². The lowest BCUT2D eigenvalue weighted by atomic mass is 10.2. The zero-order chi connectivity index (χ0) is 12.7. The van der Waals surface area contributed by atoms with Crippen LogP contribution in [0.4, 0.5) is 10.1 Å². The van der Waals surface area contributed by atoms with E-state index in [1.165, 1.54) is 12.1 Å². The van der Waals surface area contributed by atoms with Gasteiger partial charge in [-0.15, -0.1) is 0 Å². The van der Waals surface area contributed by atoms with E-state index < -0.39 is 0 Å². The number of rotatable bonds is 1. The van der Waals surface area contributed by atoms with E-state index >= 15 is 0 Å². The van der Waals surface area contributed by atoms with E-state index in [-0.39, 0.29) is 5.82 Å². The molecule has 2 N–H and O–H groups in total. The Kier molecular flexibility index (Phi) is 2.56. The highest BCUT2D eigenvalue weighted by Crippen LogP contribution is 2.26. The van der Waals surface area contributed by atoms with Crippen LogP contribution in [0.1, 0.15) is 0 Å². The van der Waals surface area contributed by atoms with Crippen LogP contribution in [0.15, 0.2) is 47.2 Å². The smallest absolute Gasteiger partial charge is 0.125 e. The maximum absolute atomic E-state index is 13.3. The molecule has 0 atom stereocenters. The van der Waals surface area contributed by atoms with E-state index in [1.54, 1.807) is 24.5 Å². The van der Waals surface area contributed by atoms with E-state index in [4.69, 9.17) is 5.73 Å². The molecule has 0 amide bonds. The Morgan fingerprint density at radius 3 is 2.83 bits per heavy atom. The summed E-state index contributed by atoms with van der Waals surface area (Å²) in [5.41, 5.74) is 8.74. The molecule has 0 aliphatic heterocycles. The number of anilines is 1. The fourth-order valence-electron chi connectivity index (χ4n) is 1.89. The molecule has 5 heteroatoms. The predicted molar refractivity (Wildman–Crippen MR) is 73.1 cm³/mol. The summed E-state index contributed by atoms with van der Waals surface area (Å²) in [6, 6.07) is 10.0. The standard InChI is InChI=1S/C13H9BrFN3/c14-10-3-1-8(15)5-13(10)18-7-17-11-6-9(16)2-4-12(11)18/h1-7H,16H2. The molecule has 1 aromatic heterocycles. The highest BCUT2D eigenvalue weighted by atomic mass is 79.9. The lowest BCUT2D eigenvalue weighted by molar-refractivity contribution is 0.626. The van der Waals surface area contributed by atoms with Gasteiger partial charge in [0, 0.05) is 10.2 Å². The van der Waals surface area contributed by atoms with Gasteiger partial charge in [-0.2, -0.15) is 0 Å². The summed E-state index contributed by atoms with van der Waals surface area (Å²) in [6.07, 6.45) is 1.66. The number of aromatic nitrogens is 2. The van der Waals surface area contributed by atoms with Crippen molar-refractivity contribution in [1.82, 2.24) is 9.55 Å². The predicted octanol–water partition coefficient (Wildman–Crippen LogP) is 3.51. The van der Waals surface area contributed by atoms with Gasteiger partial charge < -0.3 is 5.73 Å². The quantitative estimate of drug-likeness (QED) is 0.699. The van der Waals surface area contributed by atoms with E-state index in [9.17, 15) is 4.39 Å². The first-order valence-corrected chi connectivity index (χ1v) is 6.12. The van der Waals surface area contributed by atoms with Crippen LogP contribution < -0.4 is 5.73 Å². The van der Waals surface area contributed by atoms with Crippen LogP contribution in [-0.4, -0.2) is 9.55 Å². The largest absolute Gasteiger partial charge is 0.399 e. The second kappa shape index (κ2) is 4.10. The first kappa shape index (κ1) is 11.2. The van der Waals surface area contributed by atoms with Crippen LogP contribution in [0.3, 0.4) is 0 Å². The summed E-state index contributed by atoms with van der Waals surface area (Å²) in [7, 11) is 0. The first-order valence-electron chi connectivity index (χ1n) is 5.33. The van der Waals surface area contributed by atoms with Crippen LogP contribution in [0.25, 0.3) is 16.7 Å². The molecule has 0 saturated carbocycles. The van der Waals surface area contributed by atoms with Crippen molar-refractivity contribution < 1.29 is 4.39 Å². The molecule has 18 heavy (non-hydrogen) atoms. The molecule has 0 fully saturated rings. The van der Waals surface area contributed by atoms with Gasteiger partial charge in [-0.1, -0.05) is 0 Å². The SMILES string of the molecule is Nc1ccc2c(c1)ncn2-c1cc(F)ccc1Br. The molecule has 3 rings (SSSR count). The lowest BCUT2D eigenvalue weighted by Gasteiger charge is -2.07. The number of nitrogen functional groups attached to an aromatic ring is 1. The molecule has 0 bridgehead atoms. The van der Waals surface area contributed by atoms with E-state index in [2.05, 4.69) is 20.9 Å². The molecule has 0 saturated heterocycles. The highest BCUT2D eigenvalue weighted by molar-refractivity contribution is 9.10. The lowest BCUT2D eigenvalue weighted by Crippen LogP contribution is -1.94. The van der Waals surface area contributed by atoms with Crippen molar-refractivity contribution in [1.29, 1.82) is 0 Å². The zero-order valence-corrected chi connectivity index (χ0v) is 10.9. The van der Waals surface area contributed by atoms with Crippen LogP contribution in [0, 0.1) is 5.82 Å². The summed E-state index contributed by atoms with van der Waals surface area (Å²) < 4.78 is 16.0. The van der Waals surface area contributed by atoms with Crippen molar-refractivity contribution in [3.63, 3.8) is 0 Å². The molecular weight excluding hydrogens is 297 g/mol. The monoisotopic (exact) mass is 305 g/mol. The minimum Gasteiger partial charge on any atom is -0.399 e. The number of hydrogen-bond donors (Lipinski definition) is 1. The Bertz CT molecular complexity index is 736. The van der Waals surface area contributed by atoms with Crippen molar-refractivity contribution in [2.75, 3.05) is 5.73 Å². The van der Waals surface area contributed by atoms with Crippen molar-refractivity contribution in [2.45, 2.75) is 0 Å². The minimum atomic E-state index is -0.287. The second-order valence-electron chi connectivity index (χ2n) is 3.96. The van der Waals surface area contributed by atoms with Gasteiger partial charge in [0.1, 0.15) is 12.1 Å². The first-order chi connectivity index (χ1) is 8.65. The van der Waals surface area contributed by atoms with Gasteiger partial charge in [0.05, 0.1) is 16.7 Å². The normalized spacial score (nSPS) is 11.0. The van der Waals surface area contributed by atoms with Gasteiger partial charge in [0.25, 0.3) is 0 Å². The summed E-state index contributed by atoms with van der Waals surface area (Å²) in [5, 5.41) is 0.